The maximum absolute atomic E-state index is 12.6. The minimum absolute atomic E-state index is 0.186. The fourth-order valence-electron chi connectivity index (χ4n) is 2.07. The highest BCUT2D eigenvalue weighted by molar-refractivity contribution is 7.89. The molecular formula is C12H15F3N2O2S. The molecule has 0 aromatic carbocycles. The van der Waals surface area contributed by atoms with Gasteiger partial charge < -0.3 is 0 Å². The predicted octanol–water partition coefficient (Wildman–Crippen LogP) is 2.50. The molecule has 1 aliphatic carbocycles. The summed E-state index contributed by atoms with van der Waals surface area (Å²) in [6.07, 6.45) is -0.329. The van der Waals surface area contributed by atoms with Gasteiger partial charge in [-0.3, -0.25) is 4.98 Å². The van der Waals surface area contributed by atoms with Crippen molar-refractivity contribution in [2.24, 2.45) is 0 Å². The molecule has 4 nitrogen and oxygen atoms in total. The van der Waals surface area contributed by atoms with Crippen LogP contribution < -0.4 is 0 Å². The van der Waals surface area contributed by atoms with Gasteiger partial charge in [-0.1, -0.05) is 6.42 Å². The third kappa shape index (κ3) is 3.29. The normalized spacial score (nSPS) is 17.2. The van der Waals surface area contributed by atoms with Crippen LogP contribution in [0.3, 0.4) is 0 Å². The Balaban J connectivity index is 2.36. The minimum Gasteiger partial charge on any atom is -0.263 e. The number of hydrogen-bond acceptors (Lipinski definition) is 3. The van der Waals surface area contributed by atoms with Crippen LogP contribution in [-0.2, 0) is 10.0 Å². The lowest BCUT2D eigenvalue weighted by atomic mass is 9.93. The van der Waals surface area contributed by atoms with Crippen LogP contribution >= 0.6 is 0 Å². The van der Waals surface area contributed by atoms with Crippen LogP contribution in [0.4, 0.5) is 13.2 Å². The molecule has 2 rings (SSSR count). The third-order valence-corrected chi connectivity index (χ3v) is 5.14. The minimum atomic E-state index is -4.56. The van der Waals surface area contributed by atoms with Crippen molar-refractivity contribution in [1.82, 2.24) is 9.29 Å². The van der Waals surface area contributed by atoms with Crippen molar-refractivity contribution < 1.29 is 21.6 Å². The number of alkyl halides is 3. The molecule has 0 unspecified atom stereocenters. The summed E-state index contributed by atoms with van der Waals surface area (Å²) in [6, 6.07) is 0.770. The first-order valence-corrected chi connectivity index (χ1v) is 7.64. The Hall–Kier alpha value is -1.15. The van der Waals surface area contributed by atoms with Gasteiger partial charge in [0.15, 0.2) is 0 Å². The molecule has 0 spiro atoms. The van der Waals surface area contributed by atoms with E-state index in [1.54, 1.807) is 6.92 Å². The SMILES string of the molecule is Cc1cncc(S(=O)(=O)N(CC(F)(F)F)C2CCC2)c1. The molecule has 0 N–H and O–H groups in total. The maximum Gasteiger partial charge on any atom is 0.402 e. The number of hydrogen-bond donors (Lipinski definition) is 0. The van der Waals surface area contributed by atoms with Crippen LogP contribution in [0.15, 0.2) is 23.4 Å². The first-order valence-electron chi connectivity index (χ1n) is 6.20. The van der Waals surface area contributed by atoms with E-state index in [1.165, 1.54) is 12.3 Å². The number of pyridine rings is 1. The fourth-order valence-corrected chi connectivity index (χ4v) is 3.78. The Labute approximate surface area is 115 Å². The van der Waals surface area contributed by atoms with Crippen LogP contribution in [0.2, 0.25) is 0 Å². The number of rotatable bonds is 4. The molecule has 1 aromatic rings. The molecule has 0 radical (unpaired) electrons. The molecule has 1 aromatic heterocycles. The van der Waals surface area contributed by atoms with E-state index in [0.29, 0.717) is 22.7 Å². The number of nitrogens with zero attached hydrogens (tertiary/aromatic N) is 2. The molecule has 1 fully saturated rings. The molecule has 1 heterocycles. The van der Waals surface area contributed by atoms with Crippen LogP contribution in [0.25, 0.3) is 0 Å². The lowest BCUT2D eigenvalue weighted by molar-refractivity contribution is -0.141. The average Bonchev–Trinajstić information content (AvgIpc) is 2.24. The van der Waals surface area contributed by atoms with Gasteiger partial charge in [0.2, 0.25) is 10.0 Å². The Morgan fingerprint density at radius 2 is 2.00 bits per heavy atom. The Bertz CT molecular complexity index is 583. The summed E-state index contributed by atoms with van der Waals surface area (Å²) in [6.45, 7) is 0.192. The van der Waals surface area contributed by atoms with E-state index in [9.17, 15) is 21.6 Å². The molecule has 0 amide bonds. The van der Waals surface area contributed by atoms with Crippen molar-refractivity contribution in [3.63, 3.8) is 0 Å². The van der Waals surface area contributed by atoms with Crippen LogP contribution in [0.1, 0.15) is 24.8 Å². The zero-order valence-electron chi connectivity index (χ0n) is 10.9. The fraction of sp³-hybridized carbons (Fsp3) is 0.583. The molecule has 20 heavy (non-hydrogen) atoms. The van der Waals surface area contributed by atoms with Gasteiger partial charge in [-0.2, -0.15) is 17.5 Å². The monoisotopic (exact) mass is 308 g/mol. The maximum atomic E-state index is 12.6. The molecular weight excluding hydrogens is 293 g/mol. The summed E-state index contributed by atoms with van der Waals surface area (Å²) in [5.74, 6) is 0. The van der Waals surface area contributed by atoms with Crippen molar-refractivity contribution in [1.29, 1.82) is 0 Å². The number of aryl methyl sites for hydroxylation is 1. The topological polar surface area (TPSA) is 50.3 Å². The predicted molar refractivity (Wildman–Crippen MR) is 66.6 cm³/mol. The molecule has 1 aliphatic rings. The molecule has 0 saturated heterocycles. The first-order chi connectivity index (χ1) is 9.20. The Morgan fingerprint density at radius 3 is 2.45 bits per heavy atom. The lowest BCUT2D eigenvalue weighted by Gasteiger charge is -2.36. The van der Waals surface area contributed by atoms with Crippen molar-refractivity contribution in [3.8, 4) is 0 Å². The van der Waals surface area contributed by atoms with E-state index in [2.05, 4.69) is 4.98 Å². The summed E-state index contributed by atoms with van der Waals surface area (Å²) in [5, 5.41) is 0. The summed E-state index contributed by atoms with van der Waals surface area (Å²) in [7, 11) is -4.17. The number of sulfonamides is 1. The zero-order valence-corrected chi connectivity index (χ0v) is 11.7. The van der Waals surface area contributed by atoms with Crippen LogP contribution in [0, 0.1) is 6.92 Å². The quantitative estimate of drug-likeness (QED) is 0.858. The van der Waals surface area contributed by atoms with Crippen LogP contribution in [-0.4, -0.2) is 36.5 Å². The van der Waals surface area contributed by atoms with E-state index in [4.69, 9.17) is 0 Å². The van der Waals surface area contributed by atoms with Gasteiger partial charge >= 0.3 is 6.18 Å². The van der Waals surface area contributed by atoms with E-state index < -0.39 is 28.8 Å². The van der Waals surface area contributed by atoms with Gasteiger partial charge in [0.25, 0.3) is 0 Å². The van der Waals surface area contributed by atoms with E-state index in [1.807, 2.05) is 0 Å². The molecule has 112 valence electrons. The molecule has 1 saturated carbocycles. The largest absolute Gasteiger partial charge is 0.402 e. The van der Waals surface area contributed by atoms with Gasteiger partial charge in [0.05, 0.1) is 0 Å². The second-order valence-corrected chi connectivity index (χ2v) is 6.84. The van der Waals surface area contributed by atoms with Crippen molar-refractivity contribution in [2.45, 2.75) is 43.3 Å². The highest BCUT2D eigenvalue weighted by atomic mass is 32.2. The second kappa shape index (κ2) is 5.33. The smallest absolute Gasteiger partial charge is 0.263 e. The summed E-state index contributed by atoms with van der Waals surface area (Å²) >= 11 is 0. The highest BCUT2D eigenvalue weighted by Crippen LogP contribution is 2.32. The molecule has 0 atom stereocenters. The molecule has 8 heteroatoms. The van der Waals surface area contributed by atoms with Crippen LogP contribution in [0.5, 0.6) is 0 Å². The average molecular weight is 308 g/mol. The Kier molecular flexibility index (Phi) is 4.06. The number of halogens is 3. The van der Waals surface area contributed by atoms with Gasteiger partial charge in [-0.25, -0.2) is 8.42 Å². The van der Waals surface area contributed by atoms with Gasteiger partial charge in [-0.05, 0) is 31.4 Å². The summed E-state index contributed by atoms with van der Waals surface area (Å²) in [4.78, 5) is 3.56. The van der Waals surface area contributed by atoms with Gasteiger partial charge in [0.1, 0.15) is 11.4 Å². The number of aromatic nitrogens is 1. The molecule has 0 bridgehead atoms. The van der Waals surface area contributed by atoms with Crippen molar-refractivity contribution >= 4 is 10.0 Å². The molecule has 0 aliphatic heterocycles. The van der Waals surface area contributed by atoms with Crippen molar-refractivity contribution in [3.05, 3.63) is 24.0 Å². The van der Waals surface area contributed by atoms with E-state index in [-0.39, 0.29) is 4.90 Å². The lowest BCUT2D eigenvalue weighted by Crippen LogP contribution is -2.48. The van der Waals surface area contributed by atoms with Crippen molar-refractivity contribution in [2.75, 3.05) is 6.54 Å². The van der Waals surface area contributed by atoms with Gasteiger partial charge in [-0.15, -0.1) is 0 Å². The zero-order chi connectivity index (χ0) is 15.0. The second-order valence-electron chi connectivity index (χ2n) is 4.95. The highest BCUT2D eigenvalue weighted by Gasteiger charge is 2.42. The first kappa shape index (κ1) is 15.2. The third-order valence-electron chi connectivity index (χ3n) is 3.27. The van der Waals surface area contributed by atoms with Gasteiger partial charge in [0, 0.05) is 18.4 Å². The Morgan fingerprint density at radius 1 is 1.35 bits per heavy atom. The summed E-state index contributed by atoms with van der Waals surface area (Å²) in [5.41, 5.74) is 0.589. The standard InChI is InChI=1S/C12H15F3N2O2S/c1-9-5-11(7-16-6-9)20(18,19)17(8-12(13,14)15)10-3-2-4-10/h5-7,10H,2-4,8H2,1H3. The van der Waals surface area contributed by atoms with E-state index >= 15 is 0 Å². The van der Waals surface area contributed by atoms with E-state index in [0.717, 1.165) is 12.6 Å². The summed E-state index contributed by atoms with van der Waals surface area (Å²) < 4.78 is 63.2.